The summed E-state index contributed by atoms with van der Waals surface area (Å²) in [4.78, 5) is 38.4. The van der Waals surface area contributed by atoms with Gasteiger partial charge in [0.15, 0.2) is 0 Å². The fourth-order valence-electron chi connectivity index (χ4n) is 3.07. The lowest BCUT2D eigenvalue weighted by molar-refractivity contribution is -0.135. The number of rotatable bonds is 11. The van der Waals surface area contributed by atoms with E-state index in [1.807, 2.05) is 48.5 Å². The summed E-state index contributed by atoms with van der Waals surface area (Å²) in [6, 6.07) is 16.4. The van der Waals surface area contributed by atoms with E-state index < -0.39 is 24.1 Å². The molecule has 2 aromatic rings. The van der Waals surface area contributed by atoms with E-state index in [0.29, 0.717) is 32.1 Å². The van der Waals surface area contributed by atoms with Crippen LogP contribution >= 0.6 is 0 Å². The standard InChI is InChI=1S/C23H29N3O4/c24-14-8-7-13-20(16-27)26(23(29)30-17-19-11-5-2-6-12-19)22(28)21(25)15-18-9-3-1-4-10-18/h1-6,9-12,16,20-21H,7-8,13-15,17,24-25H2/t20-,21-/m1/s1. The molecular weight excluding hydrogens is 382 g/mol. The molecular formula is C23H29N3O4. The second-order valence-corrected chi connectivity index (χ2v) is 7.03. The fourth-order valence-corrected chi connectivity index (χ4v) is 3.07. The summed E-state index contributed by atoms with van der Waals surface area (Å²) in [5.74, 6) is -0.637. The quantitative estimate of drug-likeness (QED) is 0.433. The second-order valence-electron chi connectivity index (χ2n) is 7.03. The van der Waals surface area contributed by atoms with Crippen LogP contribution in [-0.4, -0.2) is 41.8 Å². The second kappa shape index (κ2) is 12.5. The molecule has 2 atom stereocenters. The number of amides is 2. The van der Waals surface area contributed by atoms with Crippen LogP contribution in [0.25, 0.3) is 0 Å². The molecule has 0 fully saturated rings. The number of ether oxygens (including phenoxy) is 1. The molecule has 30 heavy (non-hydrogen) atoms. The monoisotopic (exact) mass is 411 g/mol. The van der Waals surface area contributed by atoms with Gasteiger partial charge in [-0.15, -0.1) is 0 Å². The number of carbonyl (C=O) groups excluding carboxylic acids is 3. The lowest BCUT2D eigenvalue weighted by atomic mass is 10.0. The Morgan fingerprint density at radius 3 is 2.13 bits per heavy atom. The highest BCUT2D eigenvalue weighted by Crippen LogP contribution is 2.14. The van der Waals surface area contributed by atoms with Crippen molar-refractivity contribution in [3.05, 3.63) is 71.8 Å². The molecule has 0 aromatic heterocycles. The van der Waals surface area contributed by atoms with Gasteiger partial charge in [0.1, 0.15) is 12.9 Å². The number of aldehydes is 1. The van der Waals surface area contributed by atoms with Crippen LogP contribution in [0.5, 0.6) is 0 Å². The smallest absolute Gasteiger partial charge is 0.417 e. The Labute approximate surface area is 177 Å². The van der Waals surface area contributed by atoms with E-state index in [9.17, 15) is 14.4 Å². The molecule has 0 aliphatic rings. The van der Waals surface area contributed by atoms with Crippen molar-refractivity contribution < 1.29 is 19.1 Å². The zero-order chi connectivity index (χ0) is 21.8. The first kappa shape index (κ1) is 23.3. The predicted molar refractivity (Wildman–Crippen MR) is 114 cm³/mol. The Morgan fingerprint density at radius 2 is 1.57 bits per heavy atom. The molecule has 7 heteroatoms. The molecule has 0 saturated carbocycles. The number of carbonyl (C=O) groups is 3. The van der Waals surface area contributed by atoms with Gasteiger partial charge in [-0.3, -0.25) is 4.79 Å². The minimum absolute atomic E-state index is 0.00818. The maximum absolute atomic E-state index is 13.0. The van der Waals surface area contributed by atoms with Crippen LogP contribution in [0.15, 0.2) is 60.7 Å². The van der Waals surface area contributed by atoms with E-state index in [1.54, 1.807) is 12.1 Å². The maximum atomic E-state index is 13.0. The summed E-state index contributed by atoms with van der Waals surface area (Å²) < 4.78 is 5.33. The normalized spacial score (nSPS) is 12.6. The summed E-state index contributed by atoms with van der Waals surface area (Å²) in [5.41, 5.74) is 13.3. The van der Waals surface area contributed by atoms with E-state index in [2.05, 4.69) is 0 Å². The summed E-state index contributed by atoms with van der Waals surface area (Å²) >= 11 is 0. The van der Waals surface area contributed by atoms with Crippen molar-refractivity contribution in [3.63, 3.8) is 0 Å². The molecule has 2 amide bonds. The molecule has 7 nitrogen and oxygen atoms in total. The number of nitrogens with two attached hydrogens (primary N) is 2. The van der Waals surface area contributed by atoms with Gasteiger partial charge in [-0.05, 0) is 43.4 Å². The van der Waals surface area contributed by atoms with Crippen LogP contribution in [0.2, 0.25) is 0 Å². The molecule has 2 aromatic carbocycles. The van der Waals surface area contributed by atoms with Gasteiger partial charge in [-0.1, -0.05) is 60.7 Å². The fraction of sp³-hybridized carbons (Fsp3) is 0.348. The van der Waals surface area contributed by atoms with Gasteiger partial charge in [0.25, 0.3) is 0 Å². The molecule has 0 aliphatic heterocycles. The van der Waals surface area contributed by atoms with Gasteiger partial charge < -0.3 is 21.0 Å². The van der Waals surface area contributed by atoms with Gasteiger partial charge in [-0.25, -0.2) is 9.69 Å². The molecule has 0 heterocycles. The Kier molecular flexibility index (Phi) is 9.70. The lowest BCUT2D eigenvalue weighted by Crippen LogP contribution is -2.53. The minimum Gasteiger partial charge on any atom is -0.444 e. The Hall–Kier alpha value is -3.03. The topological polar surface area (TPSA) is 116 Å². The molecule has 0 spiro atoms. The highest BCUT2D eigenvalue weighted by molar-refractivity contribution is 5.97. The zero-order valence-electron chi connectivity index (χ0n) is 17.0. The van der Waals surface area contributed by atoms with Crippen molar-refractivity contribution in [3.8, 4) is 0 Å². The van der Waals surface area contributed by atoms with Crippen LogP contribution in [-0.2, 0) is 27.4 Å². The zero-order valence-corrected chi connectivity index (χ0v) is 17.0. The van der Waals surface area contributed by atoms with E-state index in [1.165, 1.54) is 0 Å². The van der Waals surface area contributed by atoms with Crippen LogP contribution in [0.1, 0.15) is 30.4 Å². The third-order valence-corrected chi connectivity index (χ3v) is 4.70. The van der Waals surface area contributed by atoms with Gasteiger partial charge in [0.05, 0.1) is 12.1 Å². The van der Waals surface area contributed by atoms with Gasteiger partial charge in [0, 0.05) is 0 Å². The third-order valence-electron chi connectivity index (χ3n) is 4.70. The van der Waals surface area contributed by atoms with E-state index >= 15 is 0 Å². The third kappa shape index (κ3) is 7.09. The number of hydrogen-bond acceptors (Lipinski definition) is 6. The molecule has 2 rings (SSSR count). The van der Waals surface area contributed by atoms with Crippen molar-refractivity contribution in [1.82, 2.24) is 4.90 Å². The van der Waals surface area contributed by atoms with Gasteiger partial charge in [-0.2, -0.15) is 0 Å². The number of unbranched alkanes of at least 4 members (excludes halogenated alkanes) is 1. The van der Waals surface area contributed by atoms with Crippen molar-refractivity contribution in [2.24, 2.45) is 11.5 Å². The number of benzene rings is 2. The summed E-state index contributed by atoms with van der Waals surface area (Å²) in [6.07, 6.45) is 1.55. The Bertz CT molecular complexity index is 799. The number of imide groups is 1. The van der Waals surface area contributed by atoms with Crippen molar-refractivity contribution >= 4 is 18.3 Å². The average Bonchev–Trinajstić information content (AvgIpc) is 2.78. The first-order valence-electron chi connectivity index (χ1n) is 10.1. The van der Waals surface area contributed by atoms with Crippen molar-refractivity contribution in [2.75, 3.05) is 6.54 Å². The van der Waals surface area contributed by atoms with Crippen LogP contribution in [0.3, 0.4) is 0 Å². The van der Waals surface area contributed by atoms with E-state index in [0.717, 1.165) is 16.0 Å². The van der Waals surface area contributed by atoms with Gasteiger partial charge >= 0.3 is 6.09 Å². The molecule has 0 bridgehead atoms. The number of nitrogens with zero attached hydrogens (tertiary/aromatic N) is 1. The molecule has 0 unspecified atom stereocenters. The van der Waals surface area contributed by atoms with Crippen molar-refractivity contribution in [1.29, 1.82) is 0 Å². The highest BCUT2D eigenvalue weighted by atomic mass is 16.6. The summed E-state index contributed by atoms with van der Waals surface area (Å²) in [7, 11) is 0. The molecule has 0 aliphatic carbocycles. The largest absolute Gasteiger partial charge is 0.444 e. The van der Waals surface area contributed by atoms with Crippen LogP contribution < -0.4 is 11.5 Å². The van der Waals surface area contributed by atoms with E-state index in [4.69, 9.17) is 16.2 Å². The first-order valence-corrected chi connectivity index (χ1v) is 10.1. The van der Waals surface area contributed by atoms with E-state index in [-0.39, 0.29) is 13.0 Å². The maximum Gasteiger partial charge on any atom is 0.417 e. The summed E-state index contributed by atoms with van der Waals surface area (Å²) in [6.45, 7) is 0.456. The molecule has 0 saturated heterocycles. The number of hydrogen-bond donors (Lipinski definition) is 2. The first-order chi connectivity index (χ1) is 14.6. The lowest BCUT2D eigenvalue weighted by Gasteiger charge is -2.28. The molecule has 4 N–H and O–H groups in total. The highest BCUT2D eigenvalue weighted by Gasteiger charge is 2.34. The minimum atomic E-state index is -0.978. The molecule has 160 valence electrons. The van der Waals surface area contributed by atoms with Crippen molar-refractivity contribution in [2.45, 2.75) is 44.4 Å². The Morgan fingerprint density at radius 1 is 0.967 bits per heavy atom. The predicted octanol–water partition coefficient (Wildman–Crippen LogP) is 2.42. The average molecular weight is 412 g/mol. The van der Waals surface area contributed by atoms with Crippen LogP contribution in [0.4, 0.5) is 4.79 Å². The molecule has 0 radical (unpaired) electrons. The Balaban J connectivity index is 2.14. The van der Waals surface area contributed by atoms with Crippen LogP contribution in [0, 0.1) is 0 Å². The SMILES string of the molecule is NCCCC[C@H](C=O)N(C(=O)OCc1ccccc1)C(=O)[C@H](N)Cc1ccccc1. The van der Waals surface area contributed by atoms with Gasteiger partial charge in [0.2, 0.25) is 5.91 Å². The summed E-state index contributed by atoms with van der Waals surface area (Å²) in [5, 5.41) is 0.